The second-order valence-electron chi connectivity index (χ2n) is 5.65. The van der Waals surface area contributed by atoms with Crippen molar-refractivity contribution < 1.29 is 14.7 Å². The quantitative estimate of drug-likeness (QED) is 0.834. The molecule has 1 fully saturated rings. The van der Waals surface area contributed by atoms with Gasteiger partial charge >= 0.3 is 0 Å². The number of hydrogen-bond donors (Lipinski definition) is 2. The van der Waals surface area contributed by atoms with Crippen molar-refractivity contribution in [3.05, 3.63) is 53.3 Å². The first-order chi connectivity index (χ1) is 11.5. The molecule has 2 N–H and O–H groups in total. The molecule has 3 rings (SSSR count). The van der Waals surface area contributed by atoms with Crippen molar-refractivity contribution in [2.75, 3.05) is 11.9 Å². The van der Waals surface area contributed by atoms with Gasteiger partial charge < -0.3 is 15.3 Å². The van der Waals surface area contributed by atoms with E-state index in [9.17, 15) is 14.7 Å². The number of phenolic OH excluding ortho intramolecular Hbond substituents is 1. The van der Waals surface area contributed by atoms with Gasteiger partial charge in [0.1, 0.15) is 5.75 Å². The zero-order valence-electron chi connectivity index (χ0n) is 12.8. The maximum Gasteiger partial charge on any atom is 0.229 e. The Morgan fingerprint density at radius 1 is 1.38 bits per heavy atom. The molecule has 0 spiro atoms. The number of halogens is 1. The molecule has 2 heterocycles. The molecule has 0 saturated carbocycles. The summed E-state index contributed by atoms with van der Waals surface area (Å²) in [5.74, 6) is -0.942. The predicted octanol–water partition coefficient (Wildman–Crippen LogP) is 2.43. The van der Waals surface area contributed by atoms with Crippen LogP contribution < -0.4 is 5.32 Å². The fourth-order valence-corrected chi connectivity index (χ4v) is 2.80. The molecule has 6 nitrogen and oxygen atoms in total. The van der Waals surface area contributed by atoms with Crippen LogP contribution >= 0.6 is 11.6 Å². The van der Waals surface area contributed by atoms with E-state index in [0.717, 1.165) is 5.69 Å². The number of aromatic hydroxyl groups is 1. The Morgan fingerprint density at radius 2 is 2.21 bits per heavy atom. The number of pyridine rings is 1. The average Bonchev–Trinajstić information content (AvgIpc) is 2.93. The molecular formula is C17H16ClN3O3. The number of hydrogen-bond acceptors (Lipinski definition) is 4. The van der Waals surface area contributed by atoms with Gasteiger partial charge in [0.2, 0.25) is 11.8 Å². The molecule has 2 amide bonds. The number of benzene rings is 1. The third-order valence-electron chi connectivity index (χ3n) is 3.88. The van der Waals surface area contributed by atoms with E-state index in [1.807, 2.05) is 18.2 Å². The van der Waals surface area contributed by atoms with Crippen LogP contribution in [0.4, 0.5) is 5.69 Å². The standard InChI is InChI=1S/C17H16ClN3O3/c18-12-4-5-15(22)14(8-12)20-17(24)11-7-16(23)21(9-11)10-13-3-1-2-6-19-13/h1-6,8,11,22H,7,9-10H2,(H,20,24). The summed E-state index contributed by atoms with van der Waals surface area (Å²) in [6.07, 6.45) is 1.81. The molecule has 0 aliphatic carbocycles. The summed E-state index contributed by atoms with van der Waals surface area (Å²) in [5.41, 5.74) is 1.02. The van der Waals surface area contributed by atoms with Gasteiger partial charge in [-0.2, -0.15) is 0 Å². The van der Waals surface area contributed by atoms with Gasteiger partial charge in [-0.05, 0) is 30.3 Å². The molecule has 0 radical (unpaired) electrons. The van der Waals surface area contributed by atoms with Crippen LogP contribution in [0.2, 0.25) is 5.02 Å². The first-order valence-electron chi connectivity index (χ1n) is 7.50. The molecule has 2 aromatic rings. The molecule has 124 valence electrons. The van der Waals surface area contributed by atoms with E-state index in [0.29, 0.717) is 18.1 Å². The van der Waals surface area contributed by atoms with E-state index in [2.05, 4.69) is 10.3 Å². The smallest absolute Gasteiger partial charge is 0.229 e. The van der Waals surface area contributed by atoms with Gasteiger partial charge in [0.25, 0.3) is 0 Å². The van der Waals surface area contributed by atoms with Crippen molar-refractivity contribution >= 4 is 29.1 Å². The maximum atomic E-state index is 12.4. The third-order valence-corrected chi connectivity index (χ3v) is 4.12. The van der Waals surface area contributed by atoms with Gasteiger partial charge in [0.15, 0.2) is 0 Å². The first-order valence-corrected chi connectivity index (χ1v) is 7.88. The van der Waals surface area contributed by atoms with E-state index >= 15 is 0 Å². The lowest BCUT2D eigenvalue weighted by Gasteiger charge is -2.16. The molecule has 1 aromatic heterocycles. The van der Waals surface area contributed by atoms with E-state index < -0.39 is 5.92 Å². The number of aromatic nitrogens is 1. The van der Waals surface area contributed by atoms with E-state index in [4.69, 9.17) is 11.6 Å². The van der Waals surface area contributed by atoms with Gasteiger partial charge in [-0.1, -0.05) is 17.7 Å². The minimum absolute atomic E-state index is 0.0672. The fraction of sp³-hybridized carbons (Fsp3) is 0.235. The van der Waals surface area contributed by atoms with Gasteiger partial charge in [-0.3, -0.25) is 14.6 Å². The van der Waals surface area contributed by atoms with E-state index in [-0.39, 0.29) is 29.7 Å². The topological polar surface area (TPSA) is 82.5 Å². The van der Waals surface area contributed by atoms with Crippen molar-refractivity contribution in [3.8, 4) is 5.75 Å². The van der Waals surface area contributed by atoms with E-state index in [1.165, 1.54) is 18.2 Å². The Kier molecular flexibility index (Phi) is 4.66. The molecule has 1 aromatic carbocycles. The summed E-state index contributed by atoms with van der Waals surface area (Å²) in [7, 11) is 0. The van der Waals surface area contributed by atoms with Crippen LogP contribution in [0.5, 0.6) is 5.75 Å². The molecule has 1 aliphatic rings. The van der Waals surface area contributed by atoms with Crippen LogP contribution in [-0.2, 0) is 16.1 Å². The Hall–Kier alpha value is -2.60. The minimum atomic E-state index is -0.473. The Labute approximate surface area is 144 Å². The maximum absolute atomic E-state index is 12.4. The summed E-state index contributed by atoms with van der Waals surface area (Å²) < 4.78 is 0. The van der Waals surface area contributed by atoms with Crippen LogP contribution in [0.25, 0.3) is 0 Å². The van der Waals surface area contributed by atoms with Gasteiger partial charge in [-0.15, -0.1) is 0 Å². The highest BCUT2D eigenvalue weighted by molar-refractivity contribution is 6.31. The molecule has 1 unspecified atom stereocenters. The summed E-state index contributed by atoms with van der Waals surface area (Å²) in [4.78, 5) is 30.3. The number of nitrogens with one attached hydrogen (secondary N) is 1. The number of carbonyl (C=O) groups is 2. The molecule has 0 bridgehead atoms. The van der Waals surface area contributed by atoms with Gasteiger partial charge in [0.05, 0.1) is 23.8 Å². The first kappa shape index (κ1) is 16.3. The highest BCUT2D eigenvalue weighted by atomic mass is 35.5. The SMILES string of the molecule is O=C(Nc1cc(Cl)ccc1O)C1CC(=O)N(Cc2ccccn2)C1. The Bertz CT molecular complexity index is 767. The van der Waals surface area contributed by atoms with Crippen molar-refractivity contribution in [2.45, 2.75) is 13.0 Å². The van der Waals surface area contributed by atoms with Crippen molar-refractivity contribution in [1.82, 2.24) is 9.88 Å². The molecular weight excluding hydrogens is 330 g/mol. The number of carbonyl (C=O) groups excluding carboxylic acids is 2. The number of rotatable bonds is 4. The highest BCUT2D eigenvalue weighted by Gasteiger charge is 2.34. The van der Waals surface area contributed by atoms with E-state index in [1.54, 1.807) is 11.1 Å². The Morgan fingerprint density at radius 3 is 2.96 bits per heavy atom. The fourth-order valence-electron chi connectivity index (χ4n) is 2.63. The van der Waals surface area contributed by atoms with Crippen LogP contribution in [0, 0.1) is 5.92 Å². The van der Waals surface area contributed by atoms with Crippen molar-refractivity contribution in [1.29, 1.82) is 0 Å². The summed E-state index contributed by atoms with van der Waals surface area (Å²) >= 11 is 5.86. The largest absolute Gasteiger partial charge is 0.506 e. The number of phenols is 1. The number of amides is 2. The molecule has 1 aliphatic heterocycles. The van der Waals surface area contributed by atoms with Gasteiger partial charge in [-0.25, -0.2) is 0 Å². The second kappa shape index (κ2) is 6.88. The van der Waals surface area contributed by atoms with Crippen LogP contribution in [0.3, 0.4) is 0 Å². The summed E-state index contributed by atoms with van der Waals surface area (Å²) in [6, 6.07) is 9.91. The normalized spacial score (nSPS) is 17.1. The molecule has 24 heavy (non-hydrogen) atoms. The second-order valence-corrected chi connectivity index (χ2v) is 6.08. The zero-order valence-corrected chi connectivity index (χ0v) is 13.5. The minimum Gasteiger partial charge on any atom is -0.506 e. The predicted molar refractivity (Wildman–Crippen MR) is 89.5 cm³/mol. The Balaban J connectivity index is 1.64. The van der Waals surface area contributed by atoms with Crippen LogP contribution in [0.15, 0.2) is 42.6 Å². The lowest BCUT2D eigenvalue weighted by molar-refractivity contribution is -0.128. The molecule has 1 atom stereocenters. The summed E-state index contributed by atoms with van der Waals surface area (Å²) in [5, 5.41) is 12.8. The lowest BCUT2D eigenvalue weighted by Crippen LogP contribution is -2.28. The number of nitrogens with zero attached hydrogens (tertiary/aromatic N) is 2. The zero-order chi connectivity index (χ0) is 17.1. The van der Waals surface area contributed by atoms with Crippen molar-refractivity contribution in [3.63, 3.8) is 0 Å². The monoisotopic (exact) mass is 345 g/mol. The number of likely N-dealkylation sites (tertiary alicyclic amines) is 1. The number of anilines is 1. The van der Waals surface area contributed by atoms with Crippen LogP contribution in [0.1, 0.15) is 12.1 Å². The van der Waals surface area contributed by atoms with Gasteiger partial charge in [0, 0.05) is 24.2 Å². The summed E-state index contributed by atoms with van der Waals surface area (Å²) in [6.45, 7) is 0.703. The third kappa shape index (κ3) is 3.65. The average molecular weight is 346 g/mol. The molecule has 7 heteroatoms. The lowest BCUT2D eigenvalue weighted by atomic mass is 10.1. The van der Waals surface area contributed by atoms with Crippen molar-refractivity contribution in [2.24, 2.45) is 5.92 Å². The van der Waals surface area contributed by atoms with Crippen LogP contribution in [-0.4, -0.2) is 33.3 Å². The molecule has 1 saturated heterocycles. The highest BCUT2D eigenvalue weighted by Crippen LogP contribution is 2.28.